The molecule has 0 aliphatic rings. The summed E-state index contributed by atoms with van der Waals surface area (Å²) in [5.74, 6) is 0. The Balaban J connectivity index is 2.04. The van der Waals surface area contributed by atoms with Crippen molar-refractivity contribution in [3.8, 4) is 0 Å². The number of aromatic nitrogens is 1. The van der Waals surface area contributed by atoms with Crippen LogP contribution in [0.3, 0.4) is 0 Å². The van der Waals surface area contributed by atoms with Gasteiger partial charge in [-0.3, -0.25) is 4.98 Å². The van der Waals surface area contributed by atoms with Crippen LogP contribution in [0, 0.1) is 6.92 Å². The third-order valence-corrected chi connectivity index (χ3v) is 3.15. The minimum absolute atomic E-state index is 0.663. The molecule has 0 bridgehead atoms. The minimum Gasteiger partial charge on any atom is -0.378 e. The van der Waals surface area contributed by atoms with Gasteiger partial charge in [-0.1, -0.05) is 17.7 Å². The zero-order valence-corrected chi connectivity index (χ0v) is 11.7. The summed E-state index contributed by atoms with van der Waals surface area (Å²) < 4.78 is 0.981. The molecular formula is C13H12BrClN2. The molecule has 1 aromatic carbocycles. The van der Waals surface area contributed by atoms with Crippen molar-refractivity contribution < 1.29 is 0 Å². The maximum Gasteiger partial charge on any atom is 0.0640 e. The van der Waals surface area contributed by atoms with Crippen molar-refractivity contribution in [2.24, 2.45) is 0 Å². The summed E-state index contributed by atoms with van der Waals surface area (Å²) in [7, 11) is 0. The van der Waals surface area contributed by atoms with Crippen LogP contribution in [0.5, 0.6) is 0 Å². The summed E-state index contributed by atoms with van der Waals surface area (Å²) in [6.07, 6.45) is 1.79. The highest BCUT2D eigenvalue weighted by molar-refractivity contribution is 9.10. The average molecular weight is 312 g/mol. The Labute approximate surface area is 114 Å². The second kappa shape index (κ2) is 5.52. The number of rotatable bonds is 3. The maximum absolute atomic E-state index is 6.13. The molecule has 0 fully saturated rings. The van der Waals surface area contributed by atoms with Crippen LogP contribution in [-0.2, 0) is 6.54 Å². The molecular weight excluding hydrogens is 300 g/mol. The van der Waals surface area contributed by atoms with E-state index in [1.807, 2.05) is 37.3 Å². The van der Waals surface area contributed by atoms with Gasteiger partial charge in [0.25, 0.3) is 0 Å². The van der Waals surface area contributed by atoms with Crippen LogP contribution < -0.4 is 5.32 Å². The second-order valence-electron chi connectivity index (χ2n) is 3.80. The van der Waals surface area contributed by atoms with Crippen LogP contribution in [0.2, 0.25) is 5.02 Å². The van der Waals surface area contributed by atoms with E-state index in [9.17, 15) is 0 Å². The van der Waals surface area contributed by atoms with Crippen LogP contribution in [0.4, 0.5) is 5.69 Å². The SMILES string of the molecule is Cc1ccc(NCc2ccc(Br)cn2)c(Cl)c1. The van der Waals surface area contributed by atoms with Crippen molar-refractivity contribution in [2.75, 3.05) is 5.32 Å². The Morgan fingerprint density at radius 3 is 2.76 bits per heavy atom. The number of anilines is 1. The van der Waals surface area contributed by atoms with Gasteiger partial charge in [0.05, 0.1) is 22.9 Å². The summed E-state index contributed by atoms with van der Waals surface area (Å²) in [4.78, 5) is 4.29. The molecule has 88 valence electrons. The molecule has 0 saturated carbocycles. The fourth-order valence-electron chi connectivity index (χ4n) is 1.46. The van der Waals surface area contributed by atoms with Gasteiger partial charge in [0.15, 0.2) is 0 Å². The Hall–Kier alpha value is -1.06. The predicted octanol–water partition coefficient (Wildman–Crippen LogP) is 4.42. The fraction of sp³-hybridized carbons (Fsp3) is 0.154. The molecule has 0 amide bonds. The van der Waals surface area contributed by atoms with E-state index in [4.69, 9.17) is 11.6 Å². The van der Waals surface area contributed by atoms with Gasteiger partial charge in [-0.25, -0.2) is 0 Å². The van der Waals surface area contributed by atoms with E-state index >= 15 is 0 Å². The normalized spacial score (nSPS) is 10.3. The Morgan fingerprint density at radius 2 is 2.12 bits per heavy atom. The largest absolute Gasteiger partial charge is 0.378 e. The van der Waals surface area contributed by atoms with Gasteiger partial charge < -0.3 is 5.32 Å². The van der Waals surface area contributed by atoms with Crippen molar-refractivity contribution in [3.05, 3.63) is 57.3 Å². The zero-order valence-electron chi connectivity index (χ0n) is 9.37. The van der Waals surface area contributed by atoms with E-state index in [2.05, 4.69) is 26.2 Å². The molecule has 0 radical (unpaired) electrons. The highest BCUT2D eigenvalue weighted by Gasteiger charge is 2.00. The number of aryl methyl sites for hydroxylation is 1. The van der Waals surface area contributed by atoms with Gasteiger partial charge in [0.2, 0.25) is 0 Å². The standard InChI is InChI=1S/C13H12BrClN2/c1-9-2-5-13(12(15)6-9)17-8-11-4-3-10(14)7-16-11/h2-7,17H,8H2,1H3. The van der Waals surface area contributed by atoms with E-state index in [1.54, 1.807) is 6.20 Å². The average Bonchev–Trinajstić information content (AvgIpc) is 2.30. The smallest absolute Gasteiger partial charge is 0.0640 e. The van der Waals surface area contributed by atoms with Crippen molar-refractivity contribution in [3.63, 3.8) is 0 Å². The molecule has 2 aromatic rings. The lowest BCUT2D eigenvalue weighted by molar-refractivity contribution is 1.04. The van der Waals surface area contributed by atoms with Crippen LogP contribution in [0.1, 0.15) is 11.3 Å². The first-order chi connectivity index (χ1) is 8.15. The molecule has 2 rings (SSSR count). The fourth-order valence-corrected chi connectivity index (χ4v) is 2.00. The molecule has 1 aromatic heterocycles. The summed E-state index contributed by atoms with van der Waals surface area (Å²) in [5.41, 5.74) is 3.06. The summed E-state index contributed by atoms with van der Waals surface area (Å²) in [6, 6.07) is 9.90. The van der Waals surface area contributed by atoms with Gasteiger partial charge >= 0.3 is 0 Å². The van der Waals surface area contributed by atoms with Crippen molar-refractivity contribution >= 4 is 33.2 Å². The highest BCUT2D eigenvalue weighted by atomic mass is 79.9. The predicted molar refractivity (Wildman–Crippen MR) is 75.5 cm³/mol. The van der Waals surface area contributed by atoms with E-state index < -0.39 is 0 Å². The molecule has 4 heteroatoms. The van der Waals surface area contributed by atoms with Crippen LogP contribution in [-0.4, -0.2) is 4.98 Å². The number of hydrogen-bond donors (Lipinski definition) is 1. The first-order valence-corrected chi connectivity index (χ1v) is 6.43. The lowest BCUT2D eigenvalue weighted by Crippen LogP contribution is -2.01. The van der Waals surface area contributed by atoms with Crippen molar-refractivity contribution in [2.45, 2.75) is 13.5 Å². The quantitative estimate of drug-likeness (QED) is 0.907. The first-order valence-electron chi connectivity index (χ1n) is 5.25. The van der Waals surface area contributed by atoms with E-state index in [1.165, 1.54) is 0 Å². The third kappa shape index (κ3) is 3.45. The van der Waals surface area contributed by atoms with E-state index in [0.717, 1.165) is 26.4 Å². The zero-order chi connectivity index (χ0) is 12.3. The summed E-state index contributed by atoms with van der Waals surface area (Å²) in [5, 5.41) is 4.00. The number of hydrogen-bond acceptors (Lipinski definition) is 2. The maximum atomic E-state index is 6.13. The molecule has 0 saturated heterocycles. The van der Waals surface area contributed by atoms with Crippen LogP contribution in [0.15, 0.2) is 41.0 Å². The van der Waals surface area contributed by atoms with Gasteiger partial charge in [-0.05, 0) is 52.7 Å². The highest BCUT2D eigenvalue weighted by Crippen LogP contribution is 2.23. The number of nitrogens with zero attached hydrogens (tertiary/aromatic N) is 1. The molecule has 0 spiro atoms. The number of halogens is 2. The molecule has 0 unspecified atom stereocenters. The Bertz CT molecular complexity index is 511. The number of benzene rings is 1. The topological polar surface area (TPSA) is 24.9 Å². The van der Waals surface area contributed by atoms with Crippen LogP contribution >= 0.6 is 27.5 Å². The number of pyridine rings is 1. The molecule has 0 atom stereocenters. The molecule has 0 aliphatic heterocycles. The minimum atomic E-state index is 0.663. The molecule has 2 nitrogen and oxygen atoms in total. The molecule has 1 heterocycles. The lowest BCUT2D eigenvalue weighted by Gasteiger charge is -2.08. The van der Waals surface area contributed by atoms with E-state index in [-0.39, 0.29) is 0 Å². The lowest BCUT2D eigenvalue weighted by atomic mass is 10.2. The monoisotopic (exact) mass is 310 g/mol. The van der Waals surface area contributed by atoms with Gasteiger partial charge in [-0.15, -0.1) is 0 Å². The van der Waals surface area contributed by atoms with Gasteiger partial charge in [-0.2, -0.15) is 0 Å². The summed E-state index contributed by atoms with van der Waals surface area (Å²) >= 11 is 9.49. The second-order valence-corrected chi connectivity index (χ2v) is 5.13. The third-order valence-electron chi connectivity index (χ3n) is 2.37. The molecule has 0 aliphatic carbocycles. The van der Waals surface area contributed by atoms with E-state index in [0.29, 0.717) is 6.54 Å². The first kappa shape index (κ1) is 12.4. The molecule has 17 heavy (non-hydrogen) atoms. The Kier molecular flexibility index (Phi) is 4.02. The number of nitrogens with one attached hydrogen (secondary N) is 1. The molecule has 1 N–H and O–H groups in total. The van der Waals surface area contributed by atoms with Crippen LogP contribution in [0.25, 0.3) is 0 Å². The van der Waals surface area contributed by atoms with Crippen molar-refractivity contribution in [1.82, 2.24) is 4.98 Å². The Morgan fingerprint density at radius 1 is 1.29 bits per heavy atom. The summed E-state index contributed by atoms with van der Waals surface area (Å²) in [6.45, 7) is 2.68. The van der Waals surface area contributed by atoms with Crippen molar-refractivity contribution in [1.29, 1.82) is 0 Å². The van der Waals surface area contributed by atoms with Gasteiger partial charge in [0.1, 0.15) is 0 Å². The van der Waals surface area contributed by atoms with Gasteiger partial charge in [0, 0.05) is 10.7 Å².